The molecule has 5 heteroatoms. The highest BCUT2D eigenvalue weighted by Gasteiger charge is 2.15. The van der Waals surface area contributed by atoms with Gasteiger partial charge in [-0.05, 0) is 30.5 Å². The first kappa shape index (κ1) is 14.7. The van der Waals surface area contributed by atoms with E-state index in [0.717, 1.165) is 18.6 Å². The van der Waals surface area contributed by atoms with E-state index in [0.29, 0.717) is 32.8 Å². The van der Waals surface area contributed by atoms with E-state index in [1.807, 2.05) is 12.1 Å². The van der Waals surface area contributed by atoms with E-state index < -0.39 is 0 Å². The van der Waals surface area contributed by atoms with Gasteiger partial charge in [-0.15, -0.1) is 0 Å². The first-order valence-corrected chi connectivity index (χ1v) is 7.03. The maximum Gasteiger partial charge on any atom is 0.317 e. The molecule has 110 valence electrons. The Kier molecular flexibility index (Phi) is 5.68. The number of benzene rings is 1. The molecule has 0 spiro atoms. The van der Waals surface area contributed by atoms with Gasteiger partial charge in [-0.25, -0.2) is 4.79 Å². The maximum absolute atomic E-state index is 11.8. The summed E-state index contributed by atoms with van der Waals surface area (Å²) in [6, 6.07) is 8.05. The number of carbonyl (C=O) groups is 1. The van der Waals surface area contributed by atoms with Crippen LogP contribution in [0.25, 0.3) is 0 Å². The minimum Gasteiger partial charge on any atom is -0.497 e. The number of rotatable bonds is 5. The highest BCUT2D eigenvalue weighted by Crippen LogP contribution is 2.12. The van der Waals surface area contributed by atoms with Crippen LogP contribution in [0.1, 0.15) is 12.0 Å². The van der Waals surface area contributed by atoms with Crippen LogP contribution in [-0.2, 0) is 11.2 Å². The number of aryl methyl sites for hydroxylation is 1. The Morgan fingerprint density at radius 1 is 1.30 bits per heavy atom. The number of urea groups is 1. The second-order valence-electron chi connectivity index (χ2n) is 4.78. The molecule has 1 saturated heterocycles. The fraction of sp³-hybridized carbons (Fsp3) is 0.533. The summed E-state index contributed by atoms with van der Waals surface area (Å²) >= 11 is 0. The number of ether oxygens (including phenoxy) is 2. The van der Waals surface area contributed by atoms with Crippen molar-refractivity contribution in [2.45, 2.75) is 12.8 Å². The number of hydrogen-bond donors (Lipinski definition) is 1. The number of nitrogens with zero attached hydrogens (tertiary/aromatic N) is 1. The van der Waals surface area contributed by atoms with Crippen molar-refractivity contribution >= 4 is 6.03 Å². The van der Waals surface area contributed by atoms with Gasteiger partial charge in [0.25, 0.3) is 0 Å². The van der Waals surface area contributed by atoms with E-state index in [-0.39, 0.29) is 6.03 Å². The number of amides is 2. The molecule has 1 aliphatic heterocycles. The van der Waals surface area contributed by atoms with Gasteiger partial charge in [0.1, 0.15) is 5.75 Å². The van der Waals surface area contributed by atoms with Gasteiger partial charge in [-0.3, -0.25) is 0 Å². The number of nitrogens with one attached hydrogen (secondary N) is 1. The highest BCUT2D eigenvalue weighted by atomic mass is 16.5. The topological polar surface area (TPSA) is 50.8 Å². The van der Waals surface area contributed by atoms with Gasteiger partial charge < -0.3 is 19.7 Å². The maximum atomic E-state index is 11.8. The predicted octanol–water partition coefficient (Wildman–Crippen LogP) is 1.67. The Bertz CT molecular complexity index is 414. The fourth-order valence-corrected chi connectivity index (χ4v) is 2.16. The summed E-state index contributed by atoms with van der Waals surface area (Å²) in [5.41, 5.74) is 1.26. The minimum atomic E-state index is 0.0167. The molecule has 20 heavy (non-hydrogen) atoms. The summed E-state index contributed by atoms with van der Waals surface area (Å²) in [7, 11) is 1.66. The number of carbonyl (C=O) groups excluding carboxylic acids is 1. The molecule has 2 amide bonds. The zero-order chi connectivity index (χ0) is 14.2. The van der Waals surface area contributed by atoms with Crippen LogP contribution in [0.3, 0.4) is 0 Å². The van der Waals surface area contributed by atoms with Gasteiger partial charge in [0.2, 0.25) is 0 Å². The van der Waals surface area contributed by atoms with Crippen LogP contribution in [0.4, 0.5) is 4.79 Å². The summed E-state index contributed by atoms with van der Waals surface area (Å²) in [4.78, 5) is 13.6. The average molecular weight is 278 g/mol. The van der Waals surface area contributed by atoms with Crippen molar-refractivity contribution in [2.24, 2.45) is 0 Å². The molecule has 0 unspecified atom stereocenters. The Morgan fingerprint density at radius 3 is 2.65 bits per heavy atom. The lowest BCUT2D eigenvalue weighted by molar-refractivity contribution is 0.0532. The van der Waals surface area contributed by atoms with Crippen LogP contribution in [0, 0.1) is 0 Å². The number of hydrogen-bond acceptors (Lipinski definition) is 3. The molecule has 0 saturated carbocycles. The zero-order valence-electron chi connectivity index (χ0n) is 11.9. The Hall–Kier alpha value is -1.75. The molecular formula is C15H22N2O3. The predicted molar refractivity (Wildman–Crippen MR) is 77.1 cm³/mol. The Labute approximate surface area is 119 Å². The van der Waals surface area contributed by atoms with Crippen LogP contribution in [0.15, 0.2) is 24.3 Å². The van der Waals surface area contributed by atoms with E-state index in [1.54, 1.807) is 12.0 Å². The third kappa shape index (κ3) is 4.42. The van der Waals surface area contributed by atoms with Gasteiger partial charge in [-0.2, -0.15) is 0 Å². The Morgan fingerprint density at radius 2 is 2.00 bits per heavy atom. The van der Waals surface area contributed by atoms with Crippen molar-refractivity contribution in [2.75, 3.05) is 40.0 Å². The van der Waals surface area contributed by atoms with E-state index >= 15 is 0 Å². The molecule has 0 atom stereocenters. The summed E-state index contributed by atoms with van der Waals surface area (Å²) in [5, 5.41) is 2.95. The van der Waals surface area contributed by atoms with Gasteiger partial charge in [0.15, 0.2) is 0 Å². The van der Waals surface area contributed by atoms with Gasteiger partial charge >= 0.3 is 6.03 Å². The van der Waals surface area contributed by atoms with Crippen molar-refractivity contribution in [1.29, 1.82) is 0 Å². The third-order valence-electron chi connectivity index (χ3n) is 3.38. The molecule has 1 heterocycles. The SMILES string of the molecule is COc1ccc(CCCNC(=O)N2CCOCC2)cc1. The first-order chi connectivity index (χ1) is 9.79. The van der Waals surface area contributed by atoms with E-state index in [1.165, 1.54) is 5.56 Å². The van der Waals surface area contributed by atoms with E-state index in [9.17, 15) is 4.79 Å². The van der Waals surface area contributed by atoms with Crippen molar-refractivity contribution in [3.05, 3.63) is 29.8 Å². The zero-order valence-corrected chi connectivity index (χ0v) is 11.9. The van der Waals surface area contributed by atoms with Crippen molar-refractivity contribution in [3.63, 3.8) is 0 Å². The average Bonchev–Trinajstić information content (AvgIpc) is 2.53. The van der Waals surface area contributed by atoms with Crippen LogP contribution in [0.2, 0.25) is 0 Å². The van der Waals surface area contributed by atoms with E-state index in [4.69, 9.17) is 9.47 Å². The van der Waals surface area contributed by atoms with Gasteiger partial charge in [0, 0.05) is 19.6 Å². The molecule has 1 aliphatic rings. The van der Waals surface area contributed by atoms with E-state index in [2.05, 4.69) is 17.4 Å². The molecule has 1 fully saturated rings. The molecule has 1 aromatic carbocycles. The summed E-state index contributed by atoms with van der Waals surface area (Å²) in [6.07, 6.45) is 1.88. The lowest BCUT2D eigenvalue weighted by Gasteiger charge is -2.26. The second kappa shape index (κ2) is 7.75. The van der Waals surface area contributed by atoms with Crippen molar-refractivity contribution < 1.29 is 14.3 Å². The monoisotopic (exact) mass is 278 g/mol. The van der Waals surface area contributed by atoms with Crippen LogP contribution >= 0.6 is 0 Å². The molecule has 1 aromatic rings. The highest BCUT2D eigenvalue weighted by molar-refractivity contribution is 5.74. The molecule has 0 bridgehead atoms. The number of morpholine rings is 1. The molecule has 0 radical (unpaired) electrons. The largest absolute Gasteiger partial charge is 0.497 e. The molecular weight excluding hydrogens is 256 g/mol. The van der Waals surface area contributed by atoms with Crippen LogP contribution in [-0.4, -0.2) is 50.9 Å². The normalized spacial score (nSPS) is 14.9. The Balaban J connectivity index is 1.64. The lowest BCUT2D eigenvalue weighted by atomic mass is 10.1. The van der Waals surface area contributed by atoms with Crippen molar-refractivity contribution in [3.8, 4) is 5.75 Å². The molecule has 5 nitrogen and oxygen atoms in total. The third-order valence-corrected chi connectivity index (χ3v) is 3.38. The summed E-state index contributed by atoms with van der Waals surface area (Å²) in [5.74, 6) is 0.870. The number of methoxy groups -OCH3 is 1. The smallest absolute Gasteiger partial charge is 0.317 e. The van der Waals surface area contributed by atoms with Crippen molar-refractivity contribution in [1.82, 2.24) is 10.2 Å². The van der Waals surface area contributed by atoms with Gasteiger partial charge in [0.05, 0.1) is 20.3 Å². The first-order valence-electron chi connectivity index (χ1n) is 7.03. The van der Waals surface area contributed by atoms with Crippen LogP contribution in [0.5, 0.6) is 5.75 Å². The molecule has 0 aromatic heterocycles. The van der Waals surface area contributed by atoms with Gasteiger partial charge in [-0.1, -0.05) is 12.1 Å². The molecule has 0 aliphatic carbocycles. The van der Waals surface area contributed by atoms with Crippen LogP contribution < -0.4 is 10.1 Å². The fourth-order valence-electron chi connectivity index (χ4n) is 2.16. The quantitative estimate of drug-likeness (QED) is 0.834. The second-order valence-corrected chi connectivity index (χ2v) is 4.78. The summed E-state index contributed by atoms with van der Waals surface area (Å²) < 4.78 is 10.3. The lowest BCUT2D eigenvalue weighted by Crippen LogP contribution is -2.46. The molecule has 2 rings (SSSR count). The minimum absolute atomic E-state index is 0.0167. The molecule has 1 N–H and O–H groups in total. The summed E-state index contributed by atoms with van der Waals surface area (Å²) in [6.45, 7) is 3.34. The standard InChI is InChI=1S/C15H22N2O3/c1-19-14-6-4-13(5-7-14)3-2-8-16-15(18)17-9-11-20-12-10-17/h4-7H,2-3,8-12H2,1H3,(H,16,18).